The van der Waals surface area contributed by atoms with Crippen LogP contribution < -0.4 is 9.64 Å². The molecule has 2 atom stereocenters. The Morgan fingerprint density at radius 3 is 2.38 bits per heavy atom. The second-order valence-corrected chi connectivity index (χ2v) is 6.26. The van der Waals surface area contributed by atoms with Crippen molar-refractivity contribution in [1.29, 1.82) is 0 Å². The number of nitrogens with zero attached hydrogens (tertiary/aromatic N) is 1. The van der Waals surface area contributed by atoms with Crippen LogP contribution in [0.5, 0.6) is 5.75 Å². The maximum Gasteiger partial charge on any atom is 0.303 e. The second kappa shape index (κ2) is 6.65. The van der Waals surface area contributed by atoms with Crippen molar-refractivity contribution in [3.05, 3.63) is 58.6 Å². The topological polar surface area (TPSA) is 55.8 Å². The van der Waals surface area contributed by atoms with Gasteiger partial charge in [-0.3, -0.25) is 14.5 Å². The number of halogens is 1. The Balaban J connectivity index is 1.99. The molecule has 1 heterocycles. The van der Waals surface area contributed by atoms with Crippen LogP contribution in [0.4, 0.5) is 5.69 Å². The lowest BCUT2D eigenvalue weighted by Crippen LogP contribution is -2.60. The largest absolute Gasteiger partial charge is 0.497 e. The van der Waals surface area contributed by atoms with Crippen LogP contribution in [-0.2, 0) is 14.3 Å². The van der Waals surface area contributed by atoms with E-state index in [9.17, 15) is 9.59 Å². The van der Waals surface area contributed by atoms with E-state index in [4.69, 9.17) is 9.47 Å². The van der Waals surface area contributed by atoms with E-state index in [2.05, 4.69) is 15.9 Å². The van der Waals surface area contributed by atoms with Gasteiger partial charge in [-0.1, -0.05) is 34.1 Å². The molecule has 124 valence electrons. The first-order chi connectivity index (χ1) is 11.5. The number of esters is 1. The van der Waals surface area contributed by atoms with E-state index >= 15 is 0 Å². The van der Waals surface area contributed by atoms with Crippen LogP contribution in [0, 0.1) is 0 Å². The predicted molar refractivity (Wildman–Crippen MR) is 92.9 cm³/mol. The van der Waals surface area contributed by atoms with Gasteiger partial charge in [-0.05, 0) is 35.9 Å². The Kier molecular flexibility index (Phi) is 4.57. The Labute approximate surface area is 148 Å². The molecule has 0 radical (unpaired) electrons. The van der Waals surface area contributed by atoms with Crippen molar-refractivity contribution in [3.8, 4) is 5.75 Å². The SMILES string of the molecule is COc1ccc(N2C(=O)[C@@H](OC(C)=O)[C@H]2c2ccccc2Br)cc1. The Hall–Kier alpha value is -2.34. The van der Waals surface area contributed by atoms with Gasteiger partial charge in [0.2, 0.25) is 6.10 Å². The highest BCUT2D eigenvalue weighted by atomic mass is 79.9. The Morgan fingerprint density at radius 2 is 1.79 bits per heavy atom. The summed E-state index contributed by atoms with van der Waals surface area (Å²) in [5, 5.41) is 0. The molecule has 0 spiro atoms. The molecule has 1 saturated heterocycles. The van der Waals surface area contributed by atoms with Crippen molar-refractivity contribution in [1.82, 2.24) is 0 Å². The van der Waals surface area contributed by atoms with Crippen molar-refractivity contribution in [3.63, 3.8) is 0 Å². The number of amides is 1. The summed E-state index contributed by atoms with van der Waals surface area (Å²) in [6.45, 7) is 1.31. The molecule has 2 aromatic rings. The summed E-state index contributed by atoms with van der Waals surface area (Å²) in [6, 6.07) is 14.4. The molecule has 1 aliphatic rings. The van der Waals surface area contributed by atoms with E-state index in [0.29, 0.717) is 5.75 Å². The molecule has 5 nitrogen and oxygen atoms in total. The lowest BCUT2D eigenvalue weighted by Gasteiger charge is -2.46. The monoisotopic (exact) mass is 389 g/mol. The average molecular weight is 390 g/mol. The molecule has 1 fully saturated rings. The van der Waals surface area contributed by atoms with Gasteiger partial charge in [0.25, 0.3) is 5.91 Å². The van der Waals surface area contributed by atoms with Crippen molar-refractivity contribution in [2.75, 3.05) is 12.0 Å². The molecule has 6 heteroatoms. The summed E-state index contributed by atoms with van der Waals surface area (Å²) in [6.07, 6.45) is -0.816. The fraction of sp³-hybridized carbons (Fsp3) is 0.222. The molecule has 0 aliphatic carbocycles. The van der Waals surface area contributed by atoms with Crippen molar-refractivity contribution in [2.24, 2.45) is 0 Å². The molecule has 0 saturated carbocycles. The predicted octanol–water partition coefficient (Wildman–Crippen LogP) is 3.48. The smallest absolute Gasteiger partial charge is 0.303 e. The number of carbonyl (C=O) groups excluding carboxylic acids is 2. The summed E-state index contributed by atoms with van der Waals surface area (Å²) < 4.78 is 11.3. The van der Waals surface area contributed by atoms with Gasteiger partial charge in [0.15, 0.2) is 0 Å². The van der Waals surface area contributed by atoms with Crippen LogP contribution in [0.25, 0.3) is 0 Å². The van der Waals surface area contributed by atoms with E-state index in [1.54, 1.807) is 24.1 Å². The van der Waals surface area contributed by atoms with E-state index in [1.165, 1.54) is 6.92 Å². The number of methoxy groups -OCH3 is 1. The lowest BCUT2D eigenvalue weighted by molar-refractivity contribution is -0.160. The zero-order valence-electron chi connectivity index (χ0n) is 13.2. The number of carbonyl (C=O) groups is 2. The van der Waals surface area contributed by atoms with Crippen LogP contribution in [0.1, 0.15) is 18.5 Å². The quantitative estimate of drug-likeness (QED) is 0.593. The van der Waals surface area contributed by atoms with Gasteiger partial charge >= 0.3 is 5.97 Å². The Bertz CT molecular complexity index is 775. The third-order valence-electron chi connectivity index (χ3n) is 3.91. The summed E-state index contributed by atoms with van der Waals surface area (Å²) in [4.78, 5) is 25.5. The van der Waals surface area contributed by atoms with Crippen molar-refractivity contribution in [2.45, 2.75) is 19.1 Å². The standard InChI is InChI=1S/C18H16BrNO4/c1-11(21)24-17-16(14-5-3-4-6-15(14)19)20(18(17)22)12-7-9-13(23-2)10-8-12/h3-10,16-17H,1-2H3/t16-,17+/m1/s1. The molecule has 0 bridgehead atoms. The highest BCUT2D eigenvalue weighted by Crippen LogP contribution is 2.43. The summed E-state index contributed by atoms with van der Waals surface area (Å²) >= 11 is 3.51. The molecular weight excluding hydrogens is 374 g/mol. The van der Waals surface area contributed by atoms with Crippen LogP contribution in [0.3, 0.4) is 0 Å². The van der Waals surface area contributed by atoms with E-state index < -0.39 is 12.1 Å². The number of ether oxygens (including phenoxy) is 2. The maximum atomic E-state index is 12.5. The molecular formula is C18H16BrNO4. The molecule has 1 aliphatic heterocycles. The fourth-order valence-electron chi connectivity index (χ4n) is 2.80. The van der Waals surface area contributed by atoms with Gasteiger partial charge < -0.3 is 9.47 Å². The molecule has 2 aromatic carbocycles. The van der Waals surface area contributed by atoms with Crippen LogP contribution in [0.2, 0.25) is 0 Å². The highest BCUT2D eigenvalue weighted by molar-refractivity contribution is 9.10. The second-order valence-electron chi connectivity index (χ2n) is 5.40. The minimum atomic E-state index is -0.816. The first-order valence-corrected chi connectivity index (χ1v) is 8.21. The molecule has 0 N–H and O–H groups in total. The number of β-lactam (4-membered cyclic amide) rings is 1. The fourth-order valence-corrected chi connectivity index (χ4v) is 3.32. The van der Waals surface area contributed by atoms with Gasteiger partial charge in [0.05, 0.1) is 7.11 Å². The maximum absolute atomic E-state index is 12.5. The van der Waals surface area contributed by atoms with Gasteiger partial charge in [0.1, 0.15) is 11.8 Å². The minimum Gasteiger partial charge on any atom is -0.497 e. The molecule has 24 heavy (non-hydrogen) atoms. The highest BCUT2D eigenvalue weighted by Gasteiger charge is 2.52. The van der Waals surface area contributed by atoms with Crippen LogP contribution in [0.15, 0.2) is 53.0 Å². The normalized spacial score (nSPS) is 19.6. The third-order valence-corrected chi connectivity index (χ3v) is 4.64. The molecule has 0 aromatic heterocycles. The number of anilines is 1. The summed E-state index contributed by atoms with van der Waals surface area (Å²) in [7, 11) is 1.59. The number of benzene rings is 2. The van der Waals surface area contributed by atoms with Gasteiger partial charge in [0, 0.05) is 17.1 Å². The third kappa shape index (κ3) is 2.89. The zero-order valence-corrected chi connectivity index (χ0v) is 14.8. The number of hydrogen-bond donors (Lipinski definition) is 0. The lowest BCUT2D eigenvalue weighted by atomic mass is 9.89. The molecule has 0 unspecified atom stereocenters. The average Bonchev–Trinajstić information content (AvgIpc) is 2.58. The molecule has 1 amide bonds. The van der Waals surface area contributed by atoms with Crippen LogP contribution >= 0.6 is 15.9 Å². The summed E-state index contributed by atoms with van der Waals surface area (Å²) in [5.41, 5.74) is 1.61. The van der Waals surface area contributed by atoms with Crippen LogP contribution in [-0.4, -0.2) is 25.1 Å². The van der Waals surface area contributed by atoms with Crippen molar-refractivity contribution >= 4 is 33.5 Å². The number of rotatable bonds is 4. The zero-order chi connectivity index (χ0) is 17.3. The van der Waals surface area contributed by atoms with Gasteiger partial charge in [-0.25, -0.2) is 0 Å². The van der Waals surface area contributed by atoms with Crippen molar-refractivity contribution < 1.29 is 19.1 Å². The van der Waals surface area contributed by atoms with Gasteiger partial charge in [-0.15, -0.1) is 0 Å². The Morgan fingerprint density at radius 1 is 1.12 bits per heavy atom. The van der Waals surface area contributed by atoms with E-state index in [1.807, 2.05) is 36.4 Å². The molecule has 3 rings (SSSR count). The first kappa shape index (κ1) is 16.5. The van der Waals surface area contributed by atoms with E-state index in [0.717, 1.165) is 15.7 Å². The van der Waals surface area contributed by atoms with E-state index in [-0.39, 0.29) is 11.9 Å². The number of hydrogen-bond acceptors (Lipinski definition) is 4. The summed E-state index contributed by atoms with van der Waals surface area (Å²) in [5.74, 6) is -0.00314. The van der Waals surface area contributed by atoms with Gasteiger partial charge in [-0.2, -0.15) is 0 Å². The first-order valence-electron chi connectivity index (χ1n) is 7.41. The minimum absolute atomic E-state index is 0.240.